The number of hydrogen-bond acceptors (Lipinski definition) is 3. The van der Waals surface area contributed by atoms with Crippen LogP contribution in [0.15, 0.2) is 43.0 Å². The third kappa shape index (κ3) is 3.83. The van der Waals surface area contributed by atoms with Gasteiger partial charge in [0.1, 0.15) is 0 Å². The van der Waals surface area contributed by atoms with Crippen LogP contribution in [0.4, 0.5) is 5.69 Å². The maximum absolute atomic E-state index is 12.5. The van der Waals surface area contributed by atoms with Gasteiger partial charge in [0.05, 0.1) is 5.41 Å². The van der Waals surface area contributed by atoms with E-state index in [2.05, 4.69) is 11.9 Å². The maximum atomic E-state index is 12.5. The number of anilines is 1. The summed E-state index contributed by atoms with van der Waals surface area (Å²) in [6.45, 7) is 4.90. The molecule has 0 atom stereocenters. The Bertz CT molecular complexity index is 583. The molecule has 5 heteroatoms. The SMILES string of the molecule is C=CC1(C(=O)Nc2ccc(/C=C/C(=O)O)cc2)CCOCC1. The molecule has 1 aliphatic rings. The number of benzene rings is 1. The molecule has 0 bridgehead atoms. The fourth-order valence-electron chi connectivity index (χ4n) is 2.36. The summed E-state index contributed by atoms with van der Waals surface area (Å²) in [7, 11) is 0. The molecule has 0 radical (unpaired) electrons. The molecule has 0 unspecified atom stereocenters. The van der Waals surface area contributed by atoms with Gasteiger partial charge >= 0.3 is 5.97 Å². The van der Waals surface area contributed by atoms with Crippen molar-refractivity contribution in [2.45, 2.75) is 12.8 Å². The van der Waals surface area contributed by atoms with Crippen LogP contribution in [0.5, 0.6) is 0 Å². The molecule has 22 heavy (non-hydrogen) atoms. The fourth-order valence-corrected chi connectivity index (χ4v) is 2.36. The summed E-state index contributed by atoms with van der Waals surface area (Å²) in [5.41, 5.74) is 0.843. The minimum atomic E-state index is -0.996. The number of rotatable bonds is 5. The van der Waals surface area contributed by atoms with E-state index in [9.17, 15) is 9.59 Å². The molecule has 1 aromatic rings. The van der Waals surface area contributed by atoms with Gasteiger partial charge in [0.15, 0.2) is 0 Å². The standard InChI is InChI=1S/C17H19NO4/c1-2-17(9-11-22-12-10-17)16(21)18-14-6-3-13(4-7-14)5-8-15(19)20/h2-8H,1,9-12H2,(H,18,21)(H,19,20)/b8-5+. The summed E-state index contributed by atoms with van der Waals surface area (Å²) < 4.78 is 5.31. The van der Waals surface area contributed by atoms with Crippen molar-refractivity contribution in [1.29, 1.82) is 0 Å². The highest BCUT2D eigenvalue weighted by atomic mass is 16.5. The molecule has 5 nitrogen and oxygen atoms in total. The highest BCUT2D eigenvalue weighted by Crippen LogP contribution is 2.33. The molecule has 1 aromatic carbocycles. The smallest absolute Gasteiger partial charge is 0.328 e. The summed E-state index contributed by atoms with van der Waals surface area (Å²) in [4.78, 5) is 23.0. The van der Waals surface area contributed by atoms with Gasteiger partial charge in [-0.05, 0) is 36.6 Å². The van der Waals surface area contributed by atoms with Gasteiger partial charge in [-0.25, -0.2) is 4.79 Å². The van der Waals surface area contributed by atoms with Gasteiger partial charge in [-0.1, -0.05) is 18.2 Å². The number of ether oxygens (including phenoxy) is 1. The van der Waals surface area contributed by atoms with Gasteiger partial charge in [0.2, 0.25) is 5.91 Å². The molecule has 0 aliphatic carbocycles. The van der Waals surface area contributed by atoms with E-state index in [1.807, 2.05) is 0 Å². The van der Waals surface area contributed by atoms with Crippen molar-refractivity contribution in [3.63, 3.8) is 0 Å². The lowest BCUT2D eigenvalue weighted by Gasteiger charge is -2.32. The Kier molecular flexibility index (Phi) is 5.12. The first-order valence-corrected chi connectivity index (χ1v) is 7.10. The largest absolute Gasteiger partial charge is 0.478 e. The summed E-state index contributed by atoms with van der Waals surface area (Å²) in [5.74, 6) is -1.08. The molecular weight excluding hydrogens is 282 g/mol. The van der Waals surface area contributed by atoms with Crippen LogP contribution in [0.1, 0.15) is 18.4 Å². The van der Waals surface area contributed by atoms with E-state index in [1.165, 1.54) is 6.08 Å². The summed E-state index contributed by atoms with van der Waals surface area (Å²) in [6.07, 6.45) is 5.53. The van der Waals surface area contributed by atoms with E-state index < -0.39 is 11.4 Å². The number of carboxylic acid groups (broad SMARTS) is 1. The summed E-state index contributed by atoms with van der Waals surface area (Å²) in [5, 5.41) is 11.5. The van der Waals surface area contributed by atoms with Gasteiger partial charge in [-0.2, -0.15) is 0 Å². The predicted molar refractivity (Wildman–Crippen MR) is 84.4 cm³/mol. The molecular formula is C17H19NO4. The van der Waals surface area contributed by atoms with Crippen LogP contribution in [-0.2, 0) is 14.3 Å². The Morgan fingerprint density at radius 2 is 1.86 bits per heavy atom. The molecule has 0 spiro atoms. The van der Waals surface area contributed by atoms with E-state index >= 15 is 0 Å². The summed E-state index contributed by atoms with van der Waals surface area (Å²) in [6, 6.07) is 6.99. The Hall–Kier alpha value is -2.40. The maximum Gasteiger partial charge on any atom is 0.328 e. The molecule has 0 saturated carbocycles. The fraction of sp³-hybridized carbons (Fsp3) is 0.294. The number of amides is 1. The van der Waals surface area contributed by atoms with Crippen molar-refractivity contribution < 1.29 is 19.4 Å². The van der Waals surface area contributed by atoms with E-state index in [-0.39, 0.29) is 5.91 Å². The molecule has 2 N–H and O–H groups in total. The topological polar surface area (TPSA) is 75.6 Å². The number of carbonyl (C=O) groups is 2. The number of aliphatic carboxylic acids is 1. The first-order valence-electron chi connectivity index (χ1n) is 7.10. The van der Waals surface area contributed by atoms with Gasteiger partial charge in [-0.15, -0.1) is 6.58 Å². The van der Waals surface area contributed by atoms with Crippen molar-refractivity contribution in [2.75, 3.05) is 18.5 Å². The number of nitrogens with one attached hydrogen (secondary N) is 1. The molecule has 1 saturated heterocycles. The zero-order chi connectivity index (χ0) is 16.0. The zero-order valence-corrected chi connectivity index (χ0v) is 12.2. The second-order valence-corrected chi connectivity index (χ2v) is 5.22. The third-order valence-electron chi connectivity index (χ3n) is 3.81. The van der Waals surface area contributed by atoms with Crippen molar-refractivity contribution in [2.24, 2.45) is 5.41 Å². The first-order chi connectivity index (χ1) is 10.6. The van der Waals surface area contributed by atoms with Crippen LogP contribution in [0, 0.1) is 5.41 Å². The minimum Gasteiger partial charge on any atom is -0.478 e. The second kappa shape index (κ2) is 7.04. The monoisotopic (exact) mass is 301 g/mol. The van der Waals surface area contributed by atoms with Crippen molar-refractivity contribution in [3.05, 3.63) is 48.6 Å². The van der Waals surface area contributed by atoms with Gasteiger partial charge in [0, 0.05) is 25.0 Å². The third-order valence-corrected chi connectivity index (χ3v) is 3.81. The molecule has 116 valence electrons. The quantitative estimate of drug-likeness (QED) is 0.647. The molecule has 1 fully saturated rings. The highest BCUT2D eigenvalue weighted by molar-refractivity contribution is 5.96. The number of carbonyl (C=O) groups excluding carboxylic acids is 1. The molecule has 0 aromatic heterocycles. The minimum absolute atomic E-state index is 0.0837. The van der Waals surface area contributed by atoms with Crippen molar-refractivity contribution in [3.8, 4) is 0 Å². The van der Waals surface area contributed by atoms with E-state index in [1.54, 1.807) is 30.3 Å². The summed E-state index contributed by atoms with van der Waals surface area (Å²) >= 11 is 0. The lowest BCUT2D eigenvalue weighted by Crippen LogP contribution is -2.39. The Morgan fingerprint density at radius 1 is 1.23 bits per heavy atom. The van der Waals surface area contributed by atoms with Crippen LogP contribution in [-0.4, -0.2) is 30.2 Å². The number of carboxylic acids is 1. The molecule has 2 rings (SSSR count). The Labute approximate surface area is 129 Å². The molecule has 1 amide bonds. The first kappa shape index (κ1) is 16.0. The Morgan fingerprint density at radius 3 is 2.41 bits per heavy atom. The average Bonchev–Trinajstić information content (AvgIpc) is 2.54. The lowest BCUT2D eigenvalue weighted by atomic mass is 9.79. The van der Waals surface area contributed by atoms with E-state index in [4.69, 9.17) is 9.84 Å². The normalized spacial score (nSPS) is 17.1. The second-order valence-electron chi connectivity index (χ2n) is 5.22. The van der Waals surface area contributed by atoms with Crippen LogP contribution >= 0.6 is 0 Å². The van der Waals surface area contributed by atoms with Crippen molar-refractivity contribution >= 4 is 23.6 Å². The van der Waals surface area contributed by atoms with Crippen LogP contribution in [0.2, 0.25) is 0 Å². The van der Waals surface area contributed by atoms with E-state index in [0.29, 0.717) is 31.7 Å². The molecule has 1 heterocycles. The Balaban J connectivity index is 2.05. The van der Waals surface area contributed by atoms with Crippen LogP contribution in [0.25, 0.3) is 6.08 Å². The number of hydrogen-bond donors (Lipinski definition) is 2. The highest BCUT2D eigenvalue weighted by Gasteiger charge is 2.37. The van der Waals surface area contributed by atoms with Crippen molar-refractivity contribution in [1.82, 2.24) is 0 Å². The van der Waals surface area contributed by atoms with Crippen LogP contribution in [0.3, 0.4) is 0 Å². The average molecular weight is 301 g/mol. The van der Waals surface area contributed by atoms with Gasteiger partial charge in [-0.3, -0.25) is 4.79 Å². The van der Waals surface area contributed by atoms with Gasteiger partial charge in [0.25, 0.3) is 0 Å². The van der Waals surface area contributed by atoms with Gasteiger partial charge < -0.3 is 15.2 Å². The zero-order valence-electron chi connectivity index (χ0n) is 12.2. The van der Waals surface area contributed by atoms with Crippen LogP contribution < -0.4 is 5.32 Å². The molecule has 1 aliphatic heterocycles. The van der Waals surface area contributed by atoms with E-state index in [0.717, 1.165) is 11.6 Å². The predicted octanol–water partition coefficient (Wildman–Crippen LogP) is 2.71. The lowest BCUT2D eigenvalue weighted by molar-refractivity contribution is -0.131.